The Hall–Kier alpha value is -2.09. The third-order valence-corrected chi connectivity index (χ3v) is 2.53. The molecule has 85 valence electrons. The van der Waals surface area contributed by atoms with Gasteiger partial charge in [-0.1, -0.05) is 42.5 Å². The third-order valence-electron chi connectivity index (χ3n) is 2.53. The molecule has 1 amide bonds. The molecule has 0 aliphatic carbocycles. The quantitative estimate of drug-likeness (QED) is 0.777. The van der Waals surface area contributed by atoms with Crippen molar-refractivity contribution in [2.45, 2.75) is 6.42 Å². The summed E-state index contributed by atoms with van der Waals surface area (Å²) in [6.07, 6.45) is 3.72. The summed E-state index contributed by atoms with van der Waals surface area (Å²) in [5.41, 5.74) is 3.22. The van der Waals surface area contributed by atoms with Crippen LogP contribution in [0.5, 0.6) is 0 Å². The van der Waals surface area contributed by atoms with Gasteiger partial charge in [0.05, 0.1) is 0 Å². The molecular weight excluding hydrogens is 210 g/mol. The van der Waals surface area contributed by atoms with Crippen molar-refractivity contribution in [3.63, 3.8) is 0 Å². The Morgan fingerprint density at radius 1 is 1.00 bits per heavy atom. The molecule has 0 aliphatic heterocycles. The van der Waals surface area contributed by atoms with Crippen molar-refractivity contribution in [3.05, 3.63) is 72.1 Å². The molecule has 0 atom stereocenters. The largest absolute Gasteiger partial charge is 0.329 e. The van der Waals surface area contributed by atoms with Gasteiger partial charge in [0.25, 0.3) is 0 Å². The fourth-order valence-electron chi connectivity index (χ4n) is 1.68. The van der Waals surface area contributed by atoms with E-state index in [1.165, 1.54) is 11.1 Å². The van der Waals surface area contributed by atoms with Crippen molar-refractivity contribution in [2.24, 2.45) is 0 Å². The number of hydrogen-bond acceptors (Lipinski definition) is 1. The average Bonchev–Trinajstić information content (AvgIpc) is 2.39. The van der Waals surface area contributed by atoms with Crippen molar-refractivity contribution in [1.82, 2.24) is 0 Å². The highest BCUT2D eigenvalue weighted by atomic mass is 16.1. The first-order valence-corrected chi connectivity index (χ1v) is 5.56. The predicted octanol–water partition coefficient (Wildman–Crippen LogP) is 3.05. The molecule has 17 heavy (non-hydrogen) atoms. The standard InChI is InChI=1S/C15H14NO/c17-12-16-15-8-4-7-14(11-15)10-9-13-5-2-1-3-6-13/h1-9,11-12H,10H2,(H,16,17). The molecule has 2 aromatic carbocycles. The van der Waals surface area contributed by atoms with Crippen LogP contribution in [0.4, 0.5) is 5.69 Å². The SMILES string of the molecule is O=CNc1cccc(C[CH]c2ccccc2)c1. The Balaban J connectivity index is 1.99. The summed E-state index contributed by atoms with van der Waals surface area (Å²) >= 11 is 0. The van der Waals surface area contributed by atoms with Gasteiger partial charge in [-0.05, 0) is 36.1 Å². The van der Waals surface area contributed by atoms with Crippen LogP contribution in [-0.2, 0) is 11.2 Å². The van der Waals surface area contributed by atoms with E-state index in [1.807, 2.05) is 36.4 Å². The Bertz CT molecular complexity index is 479. The molecule has 0 spiro atoms. The molecule has 0 saturated heterocycles. The van der Waals surface area contributed by atoms with Crippen molar-refractivity contribution in [2.75, 3.05) is 5.32 Å². The number of benzene rings is 2. The number of nitrogens with one attached hydrogen (secondary N) is 1. The average molecular weight is 224 g/mol. The van der Waals surface area contributed by atoms with Gasteiger partial charge in [-0.2, -0.15) is 0 Å². The van der Waals surface area contributed by atoms with Crippen LogP contribution in [-0.4, -0.2) is 6.41 Å². The first kappa shape index (κ1) is 11.4. The van der Waals surface area contributed by atoms with Crippen LogP contribution < -0.4 is 5.32 Å². The van der Waals surface area contributed by atoms with Gasteiger partial charge in [-0.25, -0.2) is 0 Å². The zero-order valence-corrected chi connectivity index (χ0v) is 9.47. The lowest BCUT2D eigenvalue weighted by molar-refractivity contribution is -0.105. The van der Waals surface area contributed by atoms with Gasteiger partial charge in [0, 0.05) is 5.69 Å². The van der Waals surface area contributed by atoms with E-state index < -0.39 is 0 Å². The molecule has 1 radical (unpaired) electrons. The van der Waals surface area contributed by atoms with E-state index in [1.54, 1.807) is 0 Å². The molecule has 2 heteroatoms. The highest BCUT2D eigenvalue weighted by Gasteiger charge is 1.97. The lowest BCUT2D eigenvalue weighted by atomic mass is 10.0. The lowest BCUT2D eigenvalue weighted by Gasteiger charge is -2.04. The Morgan fingerprint density at radius 3 is 2.59 bits per heavy atom. The van der Waals surface area contributed by atoms with Crippen LogP contribution in [0.2, 0.25) is 0 Å². The molecule has 0 unspecified atom stereocenters. The Labute approximate surface area is 101 Å². The normalized spacial score (nSPS) is 9.88. The molecule has 2 aromatic rings. The first-order valence-electron chi connectivity index (χ1n) is 5.56. The van der Waals surface area contributed by atoms with Gasteiger partial charge >= 0.3 is 0 Å². The van der Waals surface area contributed by atoms with Gasteiger partial charge in [-0.3, -0.25) is 4.79 Å². The summed E-state index contributed by atoms with van der Waals surface area (Å²) in [7, 11) is 0. The molecule has 0 bridgehead atoms. The summed E-state index contributed by atoms with van der Waals surface area (Å²) in [6, 6.07) is 18.1. The Kier molecular flexibility index (Phi) is 3.92. The van der Waals surface area contributed by atoms with Crippen molar-refractivity contribution in [1.29, 1.82) is 0 Å². The number of anilines is 1. The zero-order chi connectivity index (χ0) is 11.9. The summed E-state index contributed by atoms with van der Waals surface area (Å²) < 4.78 is 0. The molecular formula is C15H14NO. The van der Waals surface area contributed by atoms with Crippen LogP contribution in [0.1, 0.15) is 11.1 Å². The second-order valence-electron chi connectivity index (χ2n) is 3.78. The molecule has 1 N–H and O–H groups in total. The van der Waals surface area contributed by atoms with E-state index in [0.29, 0.717) is 6.41 Å². The number of hydrogen-bond donors (Lipinski definition) is 1. The van der Waals surface area contributed by atoms with Crippen LogP contribution in [0.25, 0.3) is 0 Å². The van der Waals surface area contributed by atoms with Gasteiger partial charge in [0.15, 0.2) is 0 Å². The number of carbonyl (C=O) groups is 1. The van der Waals surface area contributed by atoms with Crippen LogP contribution in [0.15, 0.2) is 54.6 Å². The van der Waals surface area contributed by atoms with Gasteiger partial charge < -0.3 is 5.32 Å². The van der Waals surface area contributed by atoms with Crippen molar-refractivity contribution >= 4 is 12.1 Å². The smallest absolute Gasteiger partial charge is 0.211 e. The highest BCUT2D eigenvalue weighted by molar-refractivity contribution is 5.71. The summed E-state index contributed by atoms with van der Waals surface area (Å²) in [6.45, 7) is 0. The predicted molar refractivity (Wildman–Crippen MR) is 69.7 cm³/mol. The molecule has 0 heterocycles. The lowest BCUT2D eigenvalue weighted by Crippen LogP contribution is -1.95. The molecule has 0 saturated carbocycles. The maximum Gasteiger partial charge on any atom is 0.211 e. The fourth-order valence-corrected chi connectivity index (χ4v) is 1.68. The summed E-state index contributed by atoms with van der Waals surface area (Å²) in [4.78, 5) is 10.3. The molecule has 2 nitrogen and oxygen atoms in total. The number of carbonyl (C=O) groups excluding carboxylic acids is 1. The minimum absolute atomic E-state index is 0.694. The van der Waals surface area contributed by atoms with E-state index in [-0.39, 0.29) is 0 Å². The fraction of sp³-hybridized carbons (Fsp3) is 0.0667. The van der Waals surface area contributed by atoms with Crippen LogP contribution >= 0.6 is 0 Å². The van der Waals surface area contributed by atoms with Crippen LogP contribution in [0, 0.1) is 6.42 Å². The molecule has 0 aromatic heterocycles. The summed E-state index contributed by atoms with van der Waals surface area (Å²) in [5, 5.41) is 2.65. The van der Waals surface area contributed by atoms with Gasteiger partial charge in [0.2, 0.25) is 6.41 Å². The second kappa shape index (κ2) is 5.85. The van der Waals surface area contributed by atoms with E-state index >= 15 is 0 Å². The topological polar surface area (TPSA) is 29.1 Å². The minimum Gasteiger partial charge on any atom is -0.329 e. The molecule has 0 fully saturated rings. The van der Waals surface area contributed by atoms with Gasteiger partial charge in [0.1, 0.15) is 0 Å². The first-order chi connectivity index (χ1) is 8.38. The maximum absolute atomic E-state index is 10.3. The highest BCUT2D eigenvalue weighted by Crippen LogP contribution is 2.13. The van der Waals surface area contributed by atoms with E-state index in [2.05, 4.69) is 29.9 Å². The summed E-state index contributed by atoms with van der Waals surface area (Å²) in [5.74, 6) is 0. The number of amides is 1. The van der Waals surface area contributed by atoms with Gasteiger partial charge in [-0.15, -0.1) is 0 Å². The zero-order valence-electron chi connectivity index (χ0n) is 9.47. The molecule has 2 rings (SSSR count). The van der Waals surface area contributed by atoms with E-state index in [9.17, 15) is 4.79 Å². The maximum atomic E-state index is 10.3. The van der Waals surface area contributed by atoms with Crippen LogP contribution in [0.3, 0.4) is 0 Å². The van der Waals surface area contributed by atoms with E-state index in [0.717, 1.165) is 12.1 Å². The van der Waals surface area contributed by atoms with Crippen molar-refractivity contribution < 1.29 is 4.79 Å². The Morgan fingerprint density at radius 2 is 1.82 bits per heavy atom. The third kappa shape index (κ3) is 3.45. The number of rotatable bonds is 5. The monoisotopic (exact) mass is 224 g/mol. The minimum atomic E-state index is 0.694. The second-order valence-corrected chi connectivity index (χ2v) is 3.78. The molecule has 0 aliphatic rings. The van der Waals surface area contributed by atoms with E-state index in [4.69, 9.17) is 0 Å². The van der Waals surface area contributed by atoms with Crippen molar-refractivity contribution in [3.8, 4) is 0 Å².